The first-order valence-electron chi connectivity index (χ1n) is 7.75. The van der Waals surface area contributed by atoms with Gasteiger partial charge >= 0.3 is 6.03 Å². The van der Waals surface area contributed by atoms with E-state index in [1.807, 2.05) is 18.2 Å². The van der Waals surface area contributed by atoms with Gasteiger partial charge in [-0.2, -0.15) is 0 Å². The molecule has 7 heteroatoms. The first-order valence-corrected chi connectivity index (χ1v) is 8.54. The summed E-state index contributed by atoms with van der Waals surface area (Å²) in [6.45, 7) is 0. The van der Waals surface area contributed by atoms with Crippen LogP contribution >= 0.6 is 15.9 Å². The lowest BCUT2D eigenvalue weighted by Crippen LogP contribution is -2.19. The van der Waals surface area contributed by atoms with E-state index in [1.54, 1.807) is 48.7 Å². The van der Waals surface area contributed by atoms with Crippen molar-refractivity contribution in [1.82, 2.24) is 4.98 Å². The van der Waals surface area contributed by atoms with Crippen LogP contribution in [0.5, 0.6) is 0 Å². The molecule has 0 aliphatic rings. The fourth-order valence-electron chi connectivity index (χ4n) is 2.19. The molecule has 3 aromatic rings. The highest BCUT2D eigenvalue weighted by Crippen LogP contribution is 2.16. The number of nitrogens with one attached hydrogen (secondary N) is 3. The zero-order valence-corrected chi connectivity index (χ0v) is 15.2. The van der Waals surface area contributed by atoms with Crippen LogP contribution in [-0.2, 0) is 0 Å². The molecule has 3 rings (SSSR count). The molecule has 0 bridgehead atoms. The Hall–Kier alpha value is -3.19. The molecule has 0 saturated heterocycles. The van der Waals surface area contributed by atoms with Crippen molar-refractivity contribution >= 4 is 44.9 Å². The Morgan fingerprint density at radius 3 is 1.96 bits per heavy atom. The highest BCUT2D eigenvalue weighted by Gasteiger charge is 2.08. The molecule has 0 aliphatic heterocycles. The zero-order chi connectivity index (χ0) is 18.4. The maximum absolute atomic E-state index is 12.2. The van der Waals surface area contributed by atoms with E-state index in [0.29, 0.717) is 22.6 Å². The van der Waals surface area contributed by atoms with Crippen LogP contribution in [-0.4, -0.2) is 16.9 Å². The van der Waals surface area contributed by atoms with Crippen LogP contribution in [0, 0.1) is 0 Å². The molecule has 3 amide bonds. The van der Waals surface area contributed by atoms with Crippen LogP contribution < -0.4 is 16.0 Å². The number of anilines is 3. The molecule has 0 saturated carbocycles. The predicted octanol–water partition coefficient (Wildman–Crippen LogP) is 4.74. The number of aromatic nitrogens is 1. The van der Waals surface area contributed by atoms with E-state index in [2.05, 4.69) is 36.9 Å². The molecule has 1 heterocycles. The number of urea groups is 1. The largest absolute Gasteiger partial charge is 0.323 e. The fourth-order valence-corrected chi connectivity index (χ4v) is 2.56. The second-order valence-corrected chi connectivity index (χ2v) is 6.28. The van der Waals surface area contributed by atoms with E-state index in [1.165, 1.54) is 6.20 Å². The summed E-state index contributed by atoms with van der Waals surface area (Å²) in [4.78, 5) is 28.1. The zero-order valence-electron chi connectivity index (χ0n) is 13.6. The number of rotatable bonds is 4. The Balaban J connectivity index is 1.58. The van der Waals surface area contributed by atoms with Gasteiger partial charge in [-0.15, -0.1) is 0 Å². The number of hydrogen-bond acceptors (Lipinski definition) is 3. The Morgan fingerprint density at radius 1 is 0.769 bits per heavy atom. The molecule has 0 atom stereocenters. The summed E-state index contributed by atoms with van der Waals surface area (Å²) in [5.41, 5.74) is 2.38. The van der Waals surface area contributed by atoms with Crippen LogP contribution in [0.4, 0.5) is 21.9 Å². The summed E-state index contributed by atoms with van der Waals surface area (Å²) in [5, 5.41) is 8.24. The van der Waals surface area contributed by atoms with Crippen molar-refractivity contribution in [2.24, 2.45) is 0 Å². The third-order valence-corrected chi connectivity index (χ3v) is 3.83. The Kier molecular flexibility index (Phi) is 5.60. The molecule has 0 unspecified atom stereocenters. The number of nitrogens with zero attached hydrogens (tertiary/aromatic N) is 1. The Bertz CT molecular complexity index is 914. The average Bonchev–Trinajstić information content (AvgIpc) is 2.64. The first-order chi connectivity index (χ1) is 12.6. The van der Waals surface area contributed by atoms with Gasteiger partial charge in [-0.05, 0) is 58.4 Å². The van der Waals surface area contributed by atoms with E-state index < -0.39 is 0 Å². The number of hydrogen-bond donors (Lipinski definition) is 3. The number of carbonyl (C=O) groups excluding carboxylic acids is 2. The van der Waals surface area contributed by atoms with Crippen LogP contribution in [0.2, 0.25) is 0 Å². The second-order valence-electron chi connectivity index (χ2n) is 5.37. The van der Waals surface area contributed by atoms with Crippen LogP contribution in [0.1, 0.15) is 10.4 Å². The van der Waals surface area contributed by atoms with E-state index in [0.717, 1.165) is 4.47 Å². The summed E-state index contributed by atoms with van der Waals surface area (Å²) in [7, 11) is 0. The van der Waals surface area contributed by atoms with Crippen LogP contribution in [0.3, 0.4) is 0 Å². The van der Waals surface area contributed by atoms with Gasteiger partial charge in [-0.3, -0.25) is 9.78 Å². The van der Waals surface area contributed by atoms with Crippen molar-refractivity contribution in [3.05, 3.63) is 83.1 Å². The number of para-hydroxylation sites is 1. The van der Waals surface area contributed by atoms with Gasteiger partial charge in [0.15, 0.2) is 0 Å². The molecule has 0 aliphatic carbocycles. The monoisotopic (exact) mass is 410 g/mol. The Labute approximate surface area is 158 Å². The fraction of sp³-hybridized carbons (Fsp3) is 0. The predicted molar refractivity (Wildman–Crippen MR) is 105 cm³/mol. The number of pyridine rings is 1. The molecule has 3 N–H and O–H groups in total. The summed E-state index contributed by atoms with van der Waals surface area (Å²) < 4.78 is 0.731. The lowest BCUT2D eigenvalue weighted by molar-refractivity contribution is 0.102. The van der Waals surface area contributed by atoms with Gasteiger partial charge < -0.3 is 16.0 Å². The normalized spacial score (nSPS) is 10.0. The number of carbonyl (C=O) groups is 2. The molecule has 1 aromatic heterocycles. The molecule has 2 aromatic carbocycles. The van der Waals surface area contributed by atoms with Gasteiger partial charge in [-0.25, -0.2) is 4.79 Å². The van der Waals surface area contributed by atoms with Gasteiger partial charge in [0.2, 0.25) is 0 Å². The maximum atomic E-state index is 12.2. The molecule has 26 heavy (non-hydrogen) atoms. The maximum Gasteiger partial charge on any atom is 0.323 e. The highest BCUT2D eigenvalue weighted by molar-refractivity contribution is 9.10. The highest BCUT2D eigenvalue weighted by atomic mass is 79.9. The van der Waals surface area contributed by atoms with E-state index >= 15 is 0 Å². The number of amides is 3. The lowest BCUT2D eigenvalue weighted by atomic mass is 10.2. The van der Waals surface area contributed by atoms with Gasteiger partial charge in [0, 0.05) is 33.9 Å². The molecule has 0 fully saturated rings. The van der Waals surface area contributed by atoms with E-state index in [-0.39, 0.29) is 11.9 Å². The van der Waals surface area contributed by atoms with E-state index in [4.69, 9.17) is 0 Å². The quantitative estimate of drug-likeness (QED) is 0.580. The number of benzene rings is 2. The van der Waals surface area contributed by atoms with Crippen LogP contribution in [0.25, 0.3) is 0 Å². The third kappa shape index (κ3) is 4.90. The van der Waals surface area contributed by atoms with Gasteiger partial charge in [0.1, 0.15) is 0 Å². The van der Waals surface area contributed by atoms with Gasteiger partial charge in [0.25, 0.3) is 5.91 Å². The van der Waals surface area contributed by atoms with Gasteiger partial charge in [0.05, 0.1) is 5.56 Å². The van der Waals surface area contributed by atoms with Crippen molar-refractivity contribution < 1.29 is 9.59 Å². The molecule has 0 spiro atoms. The van der Waals surface area contributed by atoms with Crippen molar-refractivity contribution in [3.63, 3.8) is 0 Å². The topological polar surface area (TPSA) is 83.1 Å². The smallest absolute Gasteiger partial charge is 0.322 e. The van der Waals surface area contributed by atoms with Crippen molar-refractivity contribution in [1.29, 1.82) is 0 Å². The summed E-state index contributed by atoms with van der Waals surface area (Å²) >= 11 is 3.28. The van der Waals surface area contributed by atoms with Crippen LogP contribution in [0.15, 0.2) is 77.5 Å². The van der Waals surface area contributed by atoms with Crippen molar-refractivity contribution in [3.8, 4) is 0 Å². The molecule has 6 nitrogen and oxygen atoms in total. The lowest BCUT2D eigenvalue weighted by Gasteiger charge is -2.09. The minimum Gasteiger partial charge on any atom is -0.322 e. The second kappa shape index (κ2) is 8.26. The van der Waals surface area contributed by atoms with Crippen molar-refractivity contribution in [2.75, 3.05) is 16.0 Å². The van der Waals surface area contributed by atoms with Crippen molar-refractivity contribution in [2.45, 2.75) is 0 Å². The minimum absolute atomic E-state index is 0.263. The third-order valence-electron chi connectivity index (χ3n) is 3.40. The number of halogens is 1. The molecular weight excluding hydrogens is 396 g/mol. The summed E-state index contributed by atoms with van der Waals surface area (Å²) in [5.74, 6) is -0.263. The molecule has 0 radical (unpaired) electrons. The first kappa shape index (κ1) is 17.6. The molecular formula is C19H15BrN4O2. The minimum atomic E-state index is -0.340. The summed E-state index contributed by atoms with van der Waals surface area (Å²) in [6, 6.07) is 17.3. The SMILES string of the molecule is O=C(Nc1ccccc1)Nc1ccc(NC(=O)c2cncc(Br)c2)cc1. The average molecular weight is 411 g/mol. The van der Waals surface area contributed by atoms with Gasteiger partial charge in [-0.1, -0.05) is 18.2 Å². The molecule has 130 valence electrons. The van der Waals surface area contributed by atoms with E-state index in [9.17, 15) is 9.59 Å². The Morgan fingerprint density at radius 2 is 1.35 bits per heavy atom. The standard InChI is InChI=1S/C19H15BrN4O2/c20-14-10-13(11-21-12-14)18(25)22-16-6-8-17(9-7-16)24-19(26)23-15-4-2-1-3-5-15/h1-12H,(H,22,25)(H2,23,24,26). The summed E-state index contributed by atoms with van der Waals surface area (Å²) in [6.07, 6.45) is 3.10.